The maximum Gasteiger partial charge on any atom is 0.169 e. The van der Waals surface area contributed by atoms with Crippen molar-refractivity contribution in [1.29, 1.82) is 0 Å². The highest BCUT2D eigenvalue weighted by atomic mass is 32.2. The van der Waals surface area contributed by atoms with Crippen LogP contribution in [0, 0.1) is 0 Å². The lowest BCUT2D eigenvalue weighted by Gasteiger charge is -2.11. The molecule has 1 unspecified atom stereocenters. The van der Waals surface area contributed by atoms with Gasteiger partial charge in [0.25, 0.3) is 0 Å². The fourth-order valence-electron chi connectivity index (χ4n) is 2.04. The number of hydrogen-bond acceptors (Lipinski definition) is 5. The number of benzene rings is 2. The number of rotatable bonds is 5. The minimum absolute atomic E-state index is 0.00345. The van der Waals surface area contributed by atoms with Crippen LogP contribution in [0.5, 0.6) is 0 Å². The maximum absolute atomic E-state index is 6.24. The SMILES string of the molecule is NC(CSc1ncns1)c1ccc(-c2ccccc2)cc1. The summed E-state index contributed by atoms with van der Waals surface area (Å²) in [6.45, 7) is 0. The van der Waals surface area contributed by atoms with E-state index >= 15 is 0 Å². The second-order valence-corrected chi connectivity index (χ2v) is 6.66. The normalized spacial score (nSPS) is 12.2. The molecule has 0 spiro atoms. The standard InChI is InChI=1S/C16H15N3S2/c17-15(10-20-16-18-11-19-21-16)14-8-6-13(7-9-14)12-4-2-1-3-5-12/h1-9,11,15H,10,17H2. The third-order valence-corrected chi connectivity index (χ3v) is 5.09. The molecular formula is C16H15N3S2. The van der Waals surface area contributed by atoms with Gasteiger partial charge in [-0.05, 0) is 28.2 Å². The molecule has 5 heteroatoms. The van der Waals surface area contributed by atoms with Crippen molar-refractivity contribution in [2.75, 3.05) is 5.75 Å². The monoisotopic (exact) mass is 313 g/mol. The Hall–Kier alpha value is -1.69. The van der Waals surface area contributed by atoms with E-state index in [1.165, 1.54) is 22.7 Å². The van der Waals surface area contributed by atoms with E-state index in [2.05, 4.69) is 45.8 Å². The molecule has 3 rings (SSSR count). The lowest BCUT2D eigenvalue weighted by Crippen LogP contribution is -2.12. The minimum Gasteiger partial charge on any atom is -0.323 e. The summed E-state index contributed by atoms with van der Waals surface area (Å²) < 4.78 is 4.95. The first kappa shape index (κ1) is 14.3. The fourth-order valence-corrected chi connectivity index (χ4v) is 3.50. The molecule has 0 bridgehead atoms. The quantitative estimate of drug-likeness (QED) is 0.723. The smallest absolute Gasteiger partial charge is 0.169 e. The second kappa shape index (κ2) is 6.85. The van der Waals surface area contributed by atoms with Gasteiger partial charge in [0.1, 0.15) is 6.33 Å². The number of thioether (sulfide) groups is 1. The zero-order valence-electron chi connectivity index (χ0n) is 11.3. The van der Waals surface area contributed by atoms with Crippen molar-refractivity contribution in [2.24, 2.45) is 5.73 Å². The molecule has 1 atom stereocenters. The van der Waals surface area contributed by atoms with Gasteiger partial charge >= 0.3 is 0 Å². The third kappa shape index (κ3) is 3.69. The largest absolute Gasteiger partial charge is 0.323 e. The van der Waals surface area contributed by atoms with Crippen molar-refractivity contribution in [3.05, 3.63) is 66.5 Å². The number of hydrogen-bond donors (Lipinski definition) is 1. The van der Waals surface area contributed by atoms with Crippen LogP contribution in [0.4, 0.5) is 0 Å². The predicted octanol–water partition coefficient (Wildman–Crippen LogP) is 4.00. The highest BCUT2D eigenvalue weighted by Crippen LogP contribution is 2.25. The van der Waals surface area contributed by atoms with Crippen molar-refractivity contribution in [3.8, 4) is 11.1 Å². The van der Waals surface area contributed by atoms with E-state index in [0.29, 0.717) is 0 Å². The molecule has 106 valence electrons. The van der Waals surface area contributed by atoms with Gasteiger partial charge in [-0.3, -0.25) is 0 Å². The molecule has 1 aromatic heterocycles. The van der Waals surface area contributed by atoms with Gasteiger partial charge in [-0.2, -0.15) is 4.37 Å². The molecule has 3 aromatic rings. The summed E-state index contributed by atoms with van der Waals surface area (Å²) in [6, 6.07) is 18.8. The third-order valence-electron chi connectivity index (χ3n) is 3.17. The van der Waals surface area contributed by atoms with Gasteiger partial charge in [-0.15, -0.1) is 0 Å². The molecule has 0 saturated heterocycles. The number of nitrogens with two attached hydrogens (primary N) is 1. The second-order valence-electron chi connectivity index (χ2n) is 4.61. The summed E-state index contributed by atoms with van der Waals surface area (Å²) >= 11 is 3.06. The van der Waals surface area contributed by atoms with E-state index in [1.807, 2.05) is 18.2 Å². The van der Waals surface area contributed by atoms with Crippen LogP contribution in [-0.4, -0.2) is 15.1 Å². The van der Waals surface area contributed by atoms with E-state index in [1.54, 1.807) is 18.1 Å². The van der Waals surface area contributed by atoms with Crippen LogP contribution < -0.4 is 5.73 Å². The Morgan fingerprint density at radius 3 is 2.38 bits per heavy atom. The Morgan fingerprint density at radius 1 is 1.00 bits per heavy atom. The zero-order chi connectivity index (χ0) is 14.5. The number of nitrogens with zero attached hydrogens (tertiary/aromatic N) is 2. The molecule has 3 nitrogen and oxygen atoms in total. The Morgan fingerprint density at radius 2 is 1.71 bits per heavy atom. The first-order valence-corrected chi connectivity index (χ1v) is 8.39. The van der Waals surface area contributed by atoms with Gasteiger partial charge in [-0.25, -0.2) is 4.98 Å². The Bertz CT molecular complexity index is 667. The van der Waals surface area contributed by atoms with Crippen LogP contribution >= 0.6 is 23.3 Å². The summed E-state index contributed by atoms with van der Waals surface area (Å²) in [4.78, 5) is 4.15. The fraction of sp³-hybridized carbons (Fsp3) is 0.125. The Labute approximate surface area is 132 Å². The first-order valence-electron chi connectivity index (χ1n) is 6.63. The average Bonchev–Trinajstić information content (AvgIpc) is 3.07. The highest BCUT2D eigenvalue weighted by molar-refractivity contribution is 8.00. The molecule has 0 saturated carbocycles. The van der Waals surface area contributed by atoms with Gasteiger partial charge < -0.3 is 5.73 Å². The van der Waals surface area contributed by atoms with Crippen molar-refractivity contribution in [3.63, 3.8) is 0 Å². The molecule has 0 aliphatic carbocycles. The lowest BCUT2D eigenvalue weighted by molar-refractivity contribution is 0.831. The van der Waals surface area contributed by atoms with Gasteiger partial charge in [0.15, 0.2) is 4.34 Å². The zero-order valence-corrected chi connectivity index (χ0v) is 13.0. The molecule has 21 heavy (non-hydrogen) atoms. The predicted molar refractivity (Wildman–Crippen MR) is 89.4 cm³/mol. The van der Waals surface area contributed by atoms with Crippen LogP contribution in [0.15, 0.2) is 65.3 Å². The molecule has 1 heterocycles. The van der Waals surface area contributed by atoms with Crippen LogP contribution in [0.2, 0.25) is 0 Å². The summed E-state index contributed by atoms with van der Waals surface area (Å²) in [5.41, 5.74) is 9.82. The van der Waals surface area contributed by atoms with Crippen LogP contribution in [0.1, 0.15) is 11.6 Å². The molecule has 2 aromatic carbocycles. The Kier molecular flexibility index (Phi) is 4.65. The summed E-state index contributed by atoms with van der Waals surface area (Å²) in [5.74, 6) is 0.805. The summed E-state index contributed by atoms with van der Waals surface area (Å²) in [5, 5.41) is 0. The molecular weight excluding hydrogens is 298 g/mol. The van der Waals surface area contributed by atoms with E-state index in [9.17, 15) is 0 Å². The van der Waals surface area contributed by atoms with Crippen molar-refractivity contribution in [2.45, 2.75) is 10.4 Å². The van der Waals surface area contributed by atoms with Crippen LogP contribution in [-0.2, 0) is 0 Å². The maximum atomic E-state index is 6.24. The minimum atomic E-state index is 0.00345. The molecule has 0 aliphatic rings. The molecule has 2 N–H and O–H groups in total. The van der Waals surface area contributed by atoms with Gasteiger partial charge in [0.2, 0.25) is 0 Å². The summed E-state index contributed by atoms with van der Waals surface area (Å²) in [6.07, 6.45) is 1.58. The van der Waals surface area contributed by atoms with E-state index < -0.39 is 0 Å². The first-order chi connectivity index (χ1) is 10.3. The van der Waals surface area contributed by atoms with Crippen molar-refractivity contribution in [1.82, 2.24) is 9.36 Å². The van der Waals surface area contributed by atoms with Gasteiger partial charge in [0, 0.05) is 11.8 Å². The van der Waals surface area contributed by atoms with Crippen molar-refractivity contribution < 1.29 is 0 Å². The van der Waals surface area contributed by atoms with Gasteiger partial charge in [0.05, 0.1) is 0 Å². The van der Waals surface area contributed by atoms with Crippen LogP contribution in [0.25, 0.3) is 11.1 Å². The molecule has 0 radical (unpaired) electrons. The average molecular weight is 313 g/mol. The van der Waals surface area contributed by atoms with E-state index in [0.717, 1.165) is 15.7 Å². The topological polar surface area (TPSA) is 51.8 Å². The molecule has 0 fully saturated rings. The Balaban J connectivity index is 1.66. The van der Waals surface area contributed by atoms with E-state index in [-0.39, 0.29) is 6.04 Å². The summed E-state index contributed by atoms with van der Waals surface area (Å²) in [7, 11) is 0. The van der Waals surface area contributed by atoms with Crippen LogP contribution in [0.3, 0.4) is 0 Å². The molecule has 0 aliphatic heterocycles. The van der Waals surface area contributed by atoms with E-state index in [4.69, 9.17) is 5.73 Å². The number of aromatic nitrogens is 2. The van der Waals surface area contributed by atoms with Gasteiger partial charge in [-0.1, -0.05) is 66.4 Å². The lowest BCUT2D eigenvalue weighted by atomic mass is 10.0. The highest BCUT2D eigenvalue weighted by Gasteiger charge is 2.08. The van der Waals surface area contributed by atoms with Crippen molar-refractivity contribution >= 4 is 23.3 Å². The molecule has 0 amide bonds.